The molecule has 0 unspecified atom stereocenters. The molecule has 25 heavy (non-hydrogen) atoms. The van der Waals surface area contributed by atoms with Crippen LogP contribution in [0, 0.1) is 11.8 Å². The third-order valence-corrected chi connectivity index (χ3v) is 7.22. The molecule has 0 heterocycles. The predicted octanol–water partition coefficient (Wildman–Crippen LogP) is 8.01. The smallest absolute Gasteiger partial charge is 0.333 e. The highest BCUT2D eigenvalue weighted by Gasteiger charge is 2.41. The third-order valence-electron chi connectivity index (χ3n) is 6.15. The first kappa shape index (κ1) is 23.3. The Morgan fingerprint density at radius 1 is 1.20 bits per heavy atom. The number of unbranched alkanes of at least 4 members (excludes halogenated alkanes) is 3. The Kier molecular flexibility index (Phi) is 11.0. The highest BCUT2D eigenvalue weighted by Crippen LogP contribution is 2.44. The molecule has 1 aliphatic carbocycles. The molecular weight excluding hydrogens is 418 g/mol. The van der Waals surface area contributed by atoms with E-state index in [1.807, 2.05) is 7.11 Å². The first-order valence-electron chi connectivity index (χ1n) is 10.4. The Balaban J connectivity index is 3.09. The fraction of sp³-hybridized carbons (Fsp3) is 0.818. The minimum absolute atomic E-state index is 0.128. The van der Waals surface area contributed by atoms with Crippen LogP contribution in [0.4, 0.5) is 0 Å². The van der Waals surface area contributed by atoms with E-state index in [4.69, 9.17) is 4.65 Å². The molecule has 1 aliphatic rings. The van der Waals surface area contributed by atoms with Gasteiger partial charge in [0, 0.05) is 10.7 Å². The molecule has 1 fully saturated rings. The van der Waals surface area contributed by atoms with Crippen molar-refractivity contribution in [3.8, 4) is 0 Å². The van der Waals surface area contributed by atoms with E-state index in [0.29, 0.717) is 5.92 Å². The van der Waals surface area contributed by atoms with Gasteiger partial charge in [0.05, 0.1) is 0 Å². The van der Waals surface area contributed by atoms with Crippen molar-refractivity contribution in [1.82, 2.24) is 0 Å². The van der Waals surface area contributed by atoms with Gasteiger partial charge < -0.3 is 4.65 Å². The number of rotatable bonds is 10. The summed E-state index contributed by atoms with van der Waals surface area (Å²) in [6, 6.07) is 0. The molecule has 1 nitrogen and oxygen atoms in total. The molecule has 0 N–H and O–H groups in total. The Labute approximate surface area is 171 Å². The van der Waals surface area contributed by atoms with Gasteiger partial charge in [0.15, 0.2) is 0 Å². The van der Waals surface area contributed by atoms with E-state index >= 15 is 0 Å². The maximum Gasteiger partial charge on any atom is 0.333 e. The first-order valence-corrected chi connectivity index (χ1v) is 11.5. The summed E-state index contributed by atoms with van der Waals surface area (Å²) >= 11 is 2.57. The highest BCUT2D eigenvalue weighted by atomic mass is 127. The second kappa shape index (κ2) is 11.8. The molecule has 0 saturated heterocycles. The van der Waals surface area contributed by atoms with Crippen LogP contribution >= 0.6 is 22.6 Å². The van der Waals surface area contributed by atoms with E-state index in [0.717, 1.165) is 5.92 Å². The van der Waals surface area contributed by atoms with Gasteiger partial charge in [-0.25, -0.2) is 0 Å². The maximum atomic E-state index is 6.11. The summed E-state index contributed by atoms with van der Waals surface area (Å²) in [5.74, 6) is 1.31. The van der Waals surface area contributed by atoms with E-state index in [1.54, 1.807) is 0 Å². The zero-order valence-corrected chi connectivity index (χ0v) is 19.7. The molecule has 3 heteroatoms. The number of hydrogen-bond donors (Lipinski definition) is 0. The molecule has 144 valence electrons. The zero-order valence-electron chi connectivity index (χ0n) is 17.5. The summed E-state index contributed by atoms with van der Waals surface area (Å²) in [6.07, 6.45) is 17.0. The van der Waals surface area contributed by atoms with Gasteiger partial charge >= 0.3 is 6.92 Å². The van der Waals surface area contributed by atoms with Crippen LogP contribution in [-0.2, 0) is 4.65 Å². The van der Waals surface area contributed by atoms with Crippen molar-refractivity contribution in [2.75, 3.05) is 7.11 Å². The molecule has 0 aromatic carbocycles. The molecule has 0 bridgehead atoms. The molecule has 0 aliphatic heterocycles. The molecular formula is C22H40BIO. The molecule has 0 amide bonds. The second-order valence-electron chi connectivity index (χ2n) is 8.66. The van der Waals surface area contributed by atoms with Gasteiger partial charge in [-0.15, -0.1) is 0 Å². The lowest BCUT2D eigenvalue weighted by Crippen LogP contribution is -2.37. The molecule has 0 aromatic rings. The summed E-state index contributed by atoms with van der Waals surface area (Å²) in [5, 5.41) is 0.128. The highest BCUT2D eigenvalue weighted by molar-refractivity contribution is 14.1. The van der Waals surface area contributed by atoms with Crippen LogP contribution in [0.1, 0.15) is 92.4 Å². The van der Waals surface area contributed by atoms with E-state index in [9.17, 15) is 0 Å². The predicted molar refractivity (Wildman–Crippen MR) is 123 cm³/mol. The average molecular weight is 458 g/mol. The van der Waals surface area contributed by atoms with Gasteiger partial charge in [0.25, 0.3) is 0 Å². The fourth-order valence-corrected chi connectivity index (χ4v) is 4.50. The first-order chi connectivity index (χ1) is 11.8. The van der Waals surface area contributed by atoms with Crippen molar-refractivity contribution in [1.29, 1.82) is 0 Å². The minimum atomic E-state index is 0.128. The van der Waals surface area contributed by atoms with Crippen LogP contribution < -0.4 is 0 Å². The van der Waals surface area contributed by atoms with E-state index in [1.165, 1.54) is 66.8 Å². The molecule has 0 spiro atoms. The Morgan fingerprint density at radius 3 is 2.36 bits per heavy atom. The van der Waals surface area contributed by atoms with Crippen molar-refractivity contribution >= 4 is 29.5 Å². The quantitative estimate of drug-likeness (QED) is 0.140. The lowest BCUT2D eigenvalue weighted by Gasteiger charge is -2.36. The lowest BCUT2D eigenvalue weighted by atomic mass is 9.39. The summed E-state index contributed by atoms with van der Waals surface area (Å²) in [7, 11) is 1.89. The number of halogens is 1. The van der Waals surface area contributed by atoms with Crippen LogP contribution in [0.25, 0.3) is 0 Å². The topological polar surface area (TPSA) is 9.23 Å². The minimum Gasteiger partial charge on any atom is -0.433 e. The molecule has 1 rings (SSSR count). The average Bonchev–Trinajstić information content (AvgIpc) is 2.59. The summed E-state index contributed by atoms with van der Waals surface area (Å²) < 4.78 is 7.53. The van der Waals surface area contributed by atoms with Crippen LogP contribution in [0.3, 0.4) is 0 Å². The van der Waals surface area contributed by atoms with Gasteiger partial charge in [-0.1, -0.05) is 78.9 Å². The van der Waals surface area contributed by atoms with Crippen molar-refractivity contribution < 1.29 is 4.65 Å². The summed E-state index contributed by atoms with van der Waals surface area (Å²) in [4.78, 5) is 0. The van der Waals surface area contributed by atoms with E-state index in [-0.39, 0.29) is 12.2 Å². The van der Waals surface area contributed by atoms with Gasteiger partial charge in [-0.05, 0) is 70.9 Å². The standard InChI is InChI=1S/C22H40BIO/c1-7-8-9-13-16-21(24)20(17-19-14-11-10-12-15-19)23(25-6)22(4,5)18(2)3/h16-19H,7-15H2,1-6H3/b20-17+,21-16-. The maximum absolute atomic E-state index is 6.11. The van der Waals surface area contributed by atoms with Gasteiger partial charge in [0.1, 0.15) is 0 Å². The van der Waals surface area contributed by atoms with Crippen LogP contribution in [0.5, 0.6) is 0 Å². The third kappa shape index (κ3) is 7.40. The lowest BCUT2D eigenvalue weighted by molar-refractivity contribution is 0.352. The Morgan fingerprint density at radius 2 is 1.84 bits per heavy atom. The van der Waals surface area contributed by atoms with Gasteiger partial charge in [0.2, 0.25) is 0 Å². The normalized spacial score (nSPS) is 18.1. The van der Waals surface area contributed by atoms with Crippen LogP contribution in [0.2, 0.25) is 5.31 Å². The van der Waals surface area contributed by atoms with E-state index < -0.39 is 0 Å². The Hall–Kier alpha value is 0.235. The largest absolute Gasteiger partial charge is 0.433 e. The van der Waals surface area contributed by atoms with Gasteiger partial charge in [-0.3, -0.25) is 0 Å². The number of hydrogen-bond acceptors (Lipinski definition) is 1. The monoisotopic (exact) mass is 458 g/mol. The van der Waals surface area contributed by atoms with Crippen molar-refractivity contribution in [2.24, 2.45) is 11.8 Å². The van der Waals surface area contributed by atoms with Gasteiger partial charge in [-0.2, -0.15) is 0 Å². The summed E-state index contributed by atoms with van der Waals surface area (Å²) in [5.41, 5.74) is 1.45. The van der Waals surface area contributed by atoms with Crippen molar-refractivity contribution in [3.05, 3.63) is 21.2 Å². The fourth-order valence-electron chi connectivity index (χ4n) is 3.72. The Bertz CT molecular complexity index is 433. The van der Waals surface area contributed by atoms with Crippen LogP contribution in [-0.4, -0.2) is 14.0 Å². The molecule has 0 radical (unpaired) electrons. The van der Waals surface area contributed by atoms with E-state index in [2.05, 4.69) is 69.4 Å². The summed E-state index contributed by atoms with van der Waals surface area (Å²) in [6.45, 7) is 11.8. The molecule has 1 saturated carbocycles. The zero-order chi connectivity index (χ0) is 18.9. The molecule has 0 aromatic heterocycles. The molecule has 0 atom stereocenters. The van der Waals surface area contributed by atoms with Crippen molar-refractivity contribution in [2.45, 2.75) is 97.7 Å². The van der Waals surface area contributed by atoms with Crippen molar-refractivity contribution in [3.63, 3.8) is 0 Å². The SMILES string of the molecule is CCCCC/C=C(I)/C(=C\C1CCCCC1)B(OC)C(C)(C)C(C)C. The second-order valence-corrected chi connectivity index (χ2v) is 9.82. The van der Waals surface area contributed by atoms with Crippen LogP contribution in [0.15, 0.2) is 21.2 Å². The number of allylic oxidation sites excluding steroid dienone is 4.